The predicted octanol–water partition coefficient (Wildman–Crippen LogP) is 0.756. The summed E-state index contributed by atoms with van der Waals surface area (Å²) in [6.07, 6.45) is 0. The van der Waals surface area contributed by atoms with Gasteiger partial charge in [-0.3, -0.25) is 0 Å². The third-order valence-corrected chi connectivity index (χ3v) is 5.51. The number of rotatable bonds is 5. The molecule has 25 heavy (non-hydrogen) atoms. The van der Waals surface area contributed by atoms with Gasteiger partial charge in [0.2, 0.25) is 15.9 Å². The van der Waals surface area contributed by atoms with Crippen LogP contribution in [0.15, 0.2) is 33.6 Å². The topological polar surface area (TPSA) is 112 Å². The smallest absolute Gasteiger partial charge is 0.338 e. The van der Waals surface area contributed by atoms with Gasteiger partial charge in [-0.25, -0.2) is 13.2 Å². The Morgan fingerprint density at radius 3 is 2.48 bits per heavy atom. The van der Waals surface area contributed by atoms with Crippen LogP contribution in [0.3, 0.4) is 0 Å². The highest BCUT2D eigenvalue weighted by Gasteiger charge is 2.26. The molecule has 0 radical (unpaired) electrons. The molecule has 2 aromatic rings. The van der Waals surface area contributed by atoms with Gasteiger partial charge in [0.15, 0.2) is 6.61 Å². The molecule has 0 unspecified atom stereocenters. The zero-order chi connectivity index (χ0) is 17.9. The van der Waals surface area contributed by atoms with Gasteiger partial charge in [0.05, 0.1) is 23.7 Å². The van der Waals surface area contributed by atoms with Crippen molar-refractivity contribution in [3.63, 3.8) is 0 Å². The third-order valence-electron chi connectivity index (χ3n) is 3.59. The predicted molar refractivity (Wildman–Crippen MR) is 84.2 cm³/mol. The lowest BCUT2D eigenvalue weighted by Gasteiger charge is -2.26. The summed E-state index contributed by atoms with van der Waals surface area (Å²) in [6.45, 7) is 2.86. The number of sulfonamides is 1. The average molecular weight is 367 g/mol. The van der Waals surface area contributed by atoms with Crippen LogP contribution < -0.4 is 0 Å². The normalized spacial score (nSPS) is 15.9. The van der Waals surface area contributed by atoms with E-state index in [2.05, 4.69) is 10.2 Å². The summed E-state index contributed by atoms with van der Waals surface area (Å²) < 4.78 is 41.7. The summed E-state index contributed by atoms with van der Waals surface area (Å²) in [5.41, 5.74) is 0.233. The molecule has 1 aliphatic rings. The number of morpholine rings is 1. The summed E-state index contributed by atoms with van der Waals surface area (Å²) in [4.78, 5) is 12.1. The molecule has 10 heteroatoms. The number of esters is 1. The lowest BCUT2D eigenvalue weighted by Crippen LogP contribution is -2.40. The fourth-order valence-electron chi connectivity index (χ4n) is 2.31. The third kappa shape index (κ3) is 4.03. The number of carbonyl (C=O) groups excluding carboxylic acids is 1. The summed E-state index contributed by atoms with van der Waals surface area (Å²) >= 11 is 0. The second kappa shape index (κ2) is 7.30. The molecule has 3 rings (SSSR count). The second-order valence-electron chi connectivity index (χ2n) is 5.33. The van der Waals surface area contributed by atoms with Gasteiger partial charge < -0.3 is 13.9 Å². The Morgan fingerprint density at radius 2 is 1.88 bits per heavy atom. The van der Waals surface area contributed by atoms with E-state index >= 15 is 0 Å². The largest absolute Gasteiger partial charge is 0.452 e. The van der Waals surface area contributed by atoms with Gasteiger partial charge in [-0.15, -0.1) is 10.2 Å². The number of aromatic nitrogens is 2. The zero-order valence-electron chi connectivity index (χ0n) is 13.5. The van der Waals surface area contributed by atoms with Crippen LogP contribution in [0.5, 0.6) is 0 Å². The Balaban J connectivity index is 1.65. The van der Waals surface area contributed by atoms with Gasteiger partial charge in [-0.2, -0.15) is 4.31 Å². The van der Waals surface area contributed by atoms with Crippen molar-refractivity contribution in [3.05, 3.63) is 41.6 Å². The van der Waals surface area contributed by atoms with Crippen molar-refractivity contribution >= 4 is 16.0 Å². The molecule has 134 valence electrons. The number of benzene rings is 1. The van der Waals surface area contributed by atoms with Crippen LogP contribution in [0.1, 0.15) is 22.1 Å². The van der Waals surface area contributed by atoms with E-state index in [1.807, 2.05) is 0 Å². The van der Waals surface area contributed by atoms with Crippen molar-refractivity contribution in [3.8, 4) is 0 Å². The first-order chi connectivity index (χ1) is 12.0. The van der Waals surface area contributed by atoms with Crippen LogP contribution in [0, 0.1) is 6.92 Å². The molecule has 1 aromatic heterocycles. The average Bonchev–Trinajstić information content (AvgIpc) is 3.06. The molecule has 0 N–H and O–H groups in total. The highest BCUT2D eigenvalue weighted by Crippen LogP contribution is 2.18. The van der Waals surface area contributed by atoms with Gasteiger partial charge >= 0.3 is 5.97 Å². The maximum Gasteiger partial charge on any atom is 0.338 e. The van der Waals surface area contributed by atoms with Crippen molar-refractivity contribution in [1.29, 1.82) is 0 Å². The number of carbonyl (C=O) groups is 1. The van der Waals surface area contributed by atoms with Gasteiger partial charge in [-0.1, -0.05) is 0 Å². The molecular weight excluding hydrogens is 350 g/mol. The van der Waals surface area contributed by atoms with E-state index in [4.69, 9.17) is 13.9 Å². The van der Waals surface area contributed by atoms with Crippen molar-refractivity contribution in [2.75, 3.05) is 26.3 Å². The van der Waals surface area contributed by atoms with Gasteiger partial charge in [0.25, 0.3) is 5.89 Å². The first-order valence-corrected chi connectivity index (χ1v) is 9.05. The quantitative estimate of drug-likeness (QED) is 0.712. The van der Waals surface area contributed by atoms with E-state index in [-0.39, 0.29) is 23.0 Å². The van der Waals surface area contributed by atoms with Crippen molar-refractivity contribution in [2.24, 2.45) is 0 Å². The summed E-state index contributed by atoms with van der Waals surface area (Å²) in [7, 11) is -3.59. The molecule has 0 spiro atoms. The van der Waals surface area contributed by atoms with Crippen molar-refractivity contribution in [1.82, 2.24) is 14.5 Å². The van der Waals surface area contributed by atoms with E-state index in [9.17, 15) is 13.2 Å². The molecular formula is C15H17N3O6S. The SMILES string of the molecule is Cc1nnc(COC(=O)c2ccc(S(=O)(=O)N3CCOCC3)cc2)o1. The number of ether oxygens (including phenoxy) is 2. The standard InChI is InChI=1S/C15H17N3O6S/c1-11-16-17-14(24-11)10-23-15(19)12-2-4-13(5-3-12)25(20,21)18-6-8-22-9-7-18/h2-5H,6-10H2,1H3. The number of aryl methyl sites for hydroxylation is 1. The highest BCUT2D eigenvalue weighted by molar-refractivity contribution is 7.89. The maximum atomic E-state index is 12.5. The van der Waals surface area contributed by atoms with E-state index in [0.717, 1.165) is 0 Å². The minimum Gasteiger partial charge on any atom is -0.452 e. The molecule has 0 bridgehead atoms. The molecule has 1 saturated heterocycles. The molecule has 0 atom stereocenters. The van der Waals surface area contributed by atoms with Crippen molar-refractivity contribution < 1.29 is 27.1 Å². The van der Waals surface area contributed by atoms with Gasteiger partial charge in [-0.05, 0) is 24.3 Å². The van der Waals surface area contributed by atoms with Crippen LogP contribution >= 0.6 is 0 Å². The molecule has 0 aliphatic carbocycles. The van der Waals surface area contributed by atoms with E-state index in [0.29, 0.717) is 32.2 Å². The fraction of sp³-hybridized carbons (Fsp3) is 0.400. The van der Waals surface area contributed by atoms with E-state index < -0.39 is 16.0 Å². The molecule has 1 aliphatic heterocycles. The molecule has 9 nitrogen and oxygen atoms in total. The molecule has 0 amide bonds. The minimum absolute atomic E-state index is 0.124. The van der Waals surface area contributed by atoms with Crippen LogP contribution in [-0.4, -0.2) is 55.2 Å². The Bertz CT molecular complexity index is 840. The highest BCUT2D eigenvalue weighted by atomic mass is 32.2. The number of nitrogens with zero attached hydrogens (tertiary/aromatic N) is 3. The summed E-state index contributed by atoms with van der Waals surface area (Å²) in [5, 5.41) is 7.35. The Kier molecular flexibility index (Phi) is 5.11. The van der Waals surface area contributed by atoms with Crippen LogP contribution in [0.25, 0.3) is 0 Å². The molecule has 1 fully saturated rings. The number of hydrogen-bond acceptors (Lipinski definition) is 8. The molecule has 2 heterocycles. The fourth-order valence-corrected chi connectivity index (χ4v) is 3.71. The lowest BCUT2D eigenvalue weighted by molar-refractivity contribution is 0.0436. The molecule has 0 saturated carbocycles. The Labute approximate surface area is 144 Å². The molecule has 1 aromatic carbocycles. The first kappa shape index (κ1) is 17.5. The van der Waals surface area contributed by atoms with E-state index in [1.54, 1.807) is 6.92 Å². The maximum absolute atomic E-state index is 12.5. The minimum atomic E-state index is -3.59. The second-order valence-corrected chi connectivity index (χ2v) is 7.27. The van der Waals surface area contributed by atoms with Crippen LogP contribution in [0.2, 0.25) is 0 Å². The first-order valence-electron chi connectivity index (χ1n) is 7.61. The van der Waals surface area contributed by atoms with Crippen LogP contribution in [-0.2, 0) is 26.1 Å². The lowest BCUT2D eigenvalue weighted by atomic mass is 10.2. The van der Waals surface area contributed by atoms with Crippen LogP contribution in [0.4, 0.5) is 0 Å². The van der Waals surface area contributed by atoms with Gasteiger partial charge in [0, 0.05) is 20.0 Å². The summed E-state index contributed by atoms with van der Waals surface area (Å²) in [5.74, 6) is -0.0349. The van der Waals surface area contributed by atoms with Crippen molar-refractivity contribution in [2.45, 2.75) is 18.4 Å². The van der Waals surface area contributed by atoms with Gasteiger partial charge in [0.1, 0.15) is 0 Å². The zero-order valence-corrected chi connectivity index (χ0v) is 14.4. The van der Waals surface area contributed by atoms with E-state index in [1.165, 1.54) is 28.6 Å². The Morgan fingerprint density at radius 1 is 1.20 bits per heavy atom. The number of hydrogen-bond donors (Lipinski definition) is 0. The monoisotopic (exact) mass is 367 g/mol. The summed E-state index contributed by atoms with van der Waals surface area (Å²) in [6, 6.07) is 5.60. The Hall–Kier alpha value is -2.30.